The Bertz CT molecular complexity index is 526. The van der Waals surface area contributed by atoms with Crippen LogP contribution in [0, 0.1) is 5.92 Å². The van der Waals surface area contributed by atoms with Gasteiger partial charge in [0, 0.05) is 0 Å². The van der Waals surface area contributed by atoms with E-state index in [9.17, 15) is 19.8 Å². The first kappa shape index (κ1) is 28.0. The van der Waals surface area contributed by atoms with Crippen LogP contribution in [0.15, 0.2) is 12.2 Å². The van der Waals surface area contributed by atoms with Crippen LogP contribution in [0.3, 0.4) is 0 Å². The molecule has 1 aliphatic carbocycles. The third-order valence-corrected chi connectivity index (χ3v) is 7.77. The lowest BCUT2D eigenvalue weighted by molar-refractivity contribution is -0.144. The van der Waals surface area contributed by atoms with Crippen LogP contribution >= 0.6 is 11.8 Å². The fourth-order valence-electron chi connectivity index (χ4n) is 4.35. The van der Waals surface area contributed by atoms with Gasteiger partial charge in [0.1, 0.15) is 0 Å². The molecule has 1 aliphatic rings. The van der Waals surface area contributed by atoms with Crippen LogP contribution in [0.5, 0.6) is 0 Å². The zero-order valence-electron chi connectivity index (χ0n) is 19.4. The van der Waals surface area contributed by atoms with Crippen molar-refractivity contribution in [3.8, 4) is 0 Å². The average molecular weight is 457 g/mol. The van der Waals surface area contributed by atoms with Crippen LogP contribution in [-0.4, -0.2) is 43.9 Å². The van der Waals surface area contributed by atoms with E-state index in [1.807, 2.05) is 6.08 Å². The lowest BCUT2D eigenvalue weighted by atomic mass is 9.77. The van der Waals surface area contributed by atoms with Crippen molar-refractivity contribution in [1.29, 1.82) is 0 Å². The van der Waals surface area contributed by atoms with Crippen LogP contribution in [0.1, 0.15) is 110 Å². The van der Waals surface area contributed by atoms with Gasteiger partial charge in [-0.05, 0) is 38.5 Å². The number of aliphatic carboxylic acids is 2. The first-order valence-electron chi connectivity index (χ1n) is 12.3. The molecule has 1 rings (SSSR count). The molecule has 31 heavy (non-hydrogen) atoms. The lowest BCUT2D eigenvalue weighted by Crippen LogP contribution is -2.44. The Morgan fingerprint density at radius 3 is 1.94 bits per heavy atom. The van der Waals surface area contributed by atoms with E-state index in [4.69, 9.17) is 5.11 Å². The van der Waals surface area contributed by atoms with Crippen molar-refractivity contribution in [3.63, 3.8) is 0 Å². The molecule has 1 fully saturated rings. The van der Waals surface area contributed by atoms with Gasteiger partial charge in [-0.3, -0.25) is 9.59 Å². The minimum Gasteiger partial charge on any atom is -0.481 e. The highest BCUT2D eigenvalue weighted by molar-refractivity contribution is 8.00. The summed E-state index contributed by atoms with van der Waals surface area (Å²) in [7, 11) is 0. The largest absolute Gasteiger partial charge is 0.481 e. The Morgan fingerprint density at radius 2 is 1.45 bits per heavy atom. The van der Waals surface area contributed by atoms with Crippen molar-refractivity contribution in [2.24, 2.45) is 5.92 Å². The number of carbonyl (C=O) groups is 2. The van der Waals surface area contributed by atoms with E-state index in [1.54, 1.807) is 0 Å². The van der Waals surface area contributed by atoms with Gasteiger partial charge in [0.05, 0.1) is 22.5 Å². The summed E-state index contributed by atoms with van der Waals surface area (Å²) in [5.41, 5.74) is -1.01. The molecule has 180 valence electrons. The number of carboxylic acids is 2. The molecular formula is C25H44O5S. The first-order valence-corrected chi connectivity index (χ1v) is 13.4. The van der Waals surface area contributed by atoms with Gasteiger partial charge in [0.15, 0.2) is 0 Å². The summed E-state index contributed by atoms with van der Waals surface area (Å²) in [6.07, 6.45) is 21.1. The molecule has 0 radical (unpaired) electrons. The van der Waals surface area contributed by atoms with Crippen molar-refractivity contribution in [2.75, 3.05) is 5.75 Å². The minimum atomic E-state index is -1.01. The second-order valence-electron chi connectivity index (χ2n) is 9.09. The predicted molar refractivity (Wildman–Crippen MR) is 129 cm³/mol. The summed E-state index contributed by atoms with van der Waals surface area (Å²) in [6, 6.07) is 0. The minimum absolute atomic E-state index is 0.0574. The number of aliphatic hydroxyl groups is 1. The quantitative estimate of drug-likeness (QED) is 0.162. The van der Waals surface area contributed by atoms with Crippen molar-refractivity contribution < 1.29 is 24.9 Å². The summed E-state index contributed by atoms with van der Waals surface area (Å²) < 4.78 is 0. The second kappa shape index (κ2) is 16.6. The zero-order valence-corrected chi connectivity index (χ0v) is 20.2. The highest BCUT2D eigenvalue weighted by Crippen LogP contribution is 2.39. The molecule has 1 atom stereocenters. The van der Waals surface area contributed by atoms with E-state index in [1.165, 1.54) is 76.0 Å². The third-order valence-electron chi connectivity index (χ3n) is 6.40. The van der Waals surface area contributed by atoms with Crippen LogP contribution in [-0.2, 0) is 9.59 Å². The Labute approximate surface area is 193 Å². The Morgan fingerprint density at radius 1 is 0.935 bits per heavy atom. The smallest absolute Gasteiger partial charge is 0.313 e. The number of hydrogen-bond donors (Lipinski definition) is 3. The Hall–Kier alpha value is -1.01. The van der Waals surface area contributed by atoms with Crippen LogP contribution < -0.4 is 0 Å². The number of thioether (sulfide) groups is 1. The molecule has 1 saturated carbocycles. The molecule has 0 aliphatic heterocycles. The number of allylic oxidation sites excluding steroid dienone is 1. The molecular weight excluding hydrogens is 412 g/mol. The molecule has 0 unspecified atom stereocenters. The zero-order chi connectivity index (χ0) is 23.0. The molecule has 0 bridgehead atoms. The van der Waals surface area contributed by atoms with Gasteiger partial charge in [0.2, 0.25) is 0 Å². The summed E-state index contributed by atoms with van der Waals surface area (Å²) in [5, 5.41) is 29.0. The maximum atomic E-state index is 11.2. The maximum absolute atomic E-state index is 11.2. The molecule has 0 amide bonds. The molecule has 3 N–H and O–H groups in total. The Kier molecular flexibility index (Phi) is 15.0. The average Bonchev–Trinajstić information content (AvgIpc) is 2.73. The van der Waals surface area contributed by atoms with Gasteiger partial charge >= 0.3 is 11.9 Å². The number of rotatable bonds is 18. The summed E-state index contributed by atoms with van der Waals surface area (Å²) in [6.45, 7) is 2.25. The number of carboxylic acid groups (broad SMARTS) is 2. The Balaban J connectivity index is 2.27. The summed E-state index contributed by atoms with van der Waals surface area (Å²) in [4.78, 5) is 22.2. The molecule has 0 heterocycles. The SMILES string of the molecule is CCCCCCCCCCCCC/C=C\[C@H](SCC(=O)O)C1(O)CCC(C(=O)O)CC1. The van der Waals surface area contributed by atoms with E-state index >= 15 is 0 Å². The maximum Gasteiger partial charge on any atom is 0.313 e. The van der Waals surface area contributed by atoms with E-state index in [0.29, 0.717) is 25.7 Å². The summed E-state index contributed by atoms with van der Waals surface area (Å²) in [5.74, 6) is -2.15. The molecule has 0 aromatic rings. The van der Waals surface area contributed by atoms with Crippen LogP contribution in [0.2, 0.25) is 0 Å². The summed E-state index contributed by atoms with van der Waals surface area (Å²) >= 11 is 1.25. The fourth-order valence-corrected chi connectivity index (χ4v) is 5.44. The highest BCUT2D eigenvalue weighted by Gasteiger charge is 2.41. The second-order valence-corrected chi connectivity index (χ2v) is 10.2. The van der Waals surface area contributed by atoms with Gasteiger partial charge in [-0.1, -0.05) is 83.3 Å². The molecule has 0 aromatic carbocycles. The van der Waals surface area contributed by atoms with E-state index in [-0.39, 0.29) is 11.0 Å². The molecule has 6 heteroatoms. The van der Waals surface area contributed by atoms with E-state index in [0.717, 1.165) is 12.8 Å². The molecule has 0 aromatic heterocycles. The van der Waals surface area contributed by atoms with Crippen LogP contribution in [0.4, 0.5) is 0 Å². The van der Waals surface area contributed by atoms with Crippen molar-refractivity contribution >= 4 is 23.7 Å². The van der Waals surface area contributed by atoms with Crippen molar-refractivity contribution in [3.05, 3.63) is 12.2 Å². The molecule has 0 spiro atoms. The van der Waals surface area contributed by atoms with Gasteiger partial charge in [-0.15, -0.1) is 11.8 Å². The van der Waals surface area contributed by atoms with Gasteiger partial charge in [0.25, 0.3) is 0 Å². The normalized spacial score (nSPS) is 22.6. The third kappa shape index (κ3) is 12.6. The van der Waals surface area contributed by atoms with Crippen molar-refractivity contribution in [1.82, 2.24) is 0 Å². The predicted octanol–water partition coefficient (Wildman–Crippen LogP) is 6.44. The fraction of sp³-hybridized carbons (Fsp3) is 0.840. The van der Waals surface area contributed by atoms with Gasteiger partial charge < -0.3 is 15.3 Å². The topological polar surface area (TPSA) is 94.8 Å². The van der Waals surface area contributed by atoms with Crippen LogP contribution in [0.25, 0.3) is 0 Å². The molecule has 5 nitrogen and oxygen atoms in total. The van der Waals surface area contributed by atoms with E-state index < -0.39 is 23.5 Å². The highest BCUT2D eigenvalue weighted by atomic mass is 32.2. The number of unbranched alkanes of at least 4 members (excludes halogenated alkanes) is 11. The van der Waals surface area contributed by atoms with Gasteiger partial charge in [-0.2, -0.15) is 0 Å². The van der Waals surface area contributed by atoms with Crippen molar-refractivity contribution in [2.45, 2.75) is 121 Å². The monoisotopic (exact) mass is 456 g/mol. The van der Waals surface area contributed by atoms with Gasteiger partial charge in [-0.25, -0.2) is 0 Å². The standard InChI is InChI=1S/C25H44O5S/c1-2-3-4-5-6-7-8-9-10-11-12-13-14-15-22(31-20-23(26)27)25(30)18-16-21(17-19-25)24(28)29/h14-15,21-22,30H,2-13,16-20H2,1H3,(H,26,27)(H,28,29)/b15-14-/t21?,22-,25?/m0/s1. The molecule has 0 saturated heterocycles. The lowest BCUT2D eigenvalue weighted by Gasteiger charge is -2.39. The number of hydrogen-bond acceptors (Lipinski definition) is 4. The van der Waals surface area contributed by atoms with E-state index in [2.05, 4.69) is 13.0 Å². The first-order chi connectivity index (χ1) is 14.9.